The molecule has 1 aliphatic rings. The van der Waals surface area contributed by atoms with Crippen LogP contribution in [0.15, 0.2) is 12.3 Å². The third kappa shape index (κ3) is 3.11. The lowest BCUT2D eigenvalue weighted by molar-refractivity contribution is -0.141. The van der Waals surface area contributed by atoms with E-state index in [0.717, 1.165) is 6.07 Å². The van der Waals surface area contributed by atoms with Crippen LogP contribution in [-0.2, 0) is 11.8 Å². The molecule has 0 amide bonds. The number of nitrogens with zero attached hydrogens (tertiary/aromatic N) is 5. The summed E-state index contributed by atoms with van der Waals surface area (Å²) in [5, 5.41) is 20.7. The van der Waals surface area contributed by atoms with Crippen LogP contribution in [0.4, 0.5) is 19.1 Å². The van der Waals surface area contributed by atoms with E-state index in [1.165, 1.54) is 13.1 Å². The second-order valence-corrected chi connectivity index (χ2v) is 5.60. The Morgan fingerprint density at radius 3 is 2.78 bits per heavy atom. The molecule has 7 nitrogen and oxygen atoms in total. The summed E-state index contributed by atoms with van der Waals surface area (Å²) in [5.74, 6) is -0.0426. The van der Waals surface area contributed by atoms with Crippen molar-refractivity contribution in [2.75, 3.05) is 18.0 Å². The predicted molar refractivity (Wildman–Crippen MR) is 73.5 cm³/mol. The van der Waals surface area contributed by atoms with Gasteiger partial charge in [0.15, 0.2) is 0 Å². The van der Waals surface area contributed by atoms with Crippen molar-refractivity contribution >= 4 is 5.95 Å². The number of hydrogen-bond acceptors (Lipinski definition) is 6. The van der Waals surface area contributed by atoms with Gasteiger partial charge in [0.2, 0.25) is 5.95 Å². The third-order valence-electron chi connectivity index (χ3n) is 3.78. The van der Waals surface area contributed by atoms with Crippen LogP contribution in [0.2, 0.25) is 0 Å². The van der Waals surface area contributed by atoms with Crippen LogP contribution in [0.5, 0.6) is 0 Å². The molecule has 0 aliphatic carbocycles. The number of alkyl halides is 3. The molecule has 1 saturated heterocycles. The number of halogens is 3. The molecule has 10 heteroatoms. The van der Waals surface area contributed by atoms with Gasteiger partial charge < -0.3 is 10.0 Å². The normalized spacial score (nSPS) is 22.4. The number of anilines is 1. The van der Waals surface area contributed by atoms with E-state index in [4.69, 9.17) is 0 Å². The molecule has 1 atom stereocenters. The average molecular weight is 328 g/mol. The Morgan fingerprint density at radius 2 is 2.13 bits per heavy atom. The van der Waals surface area contributed by atoms with Gasteiger partial charge in [-0.1, -0.05) is 0 Å². The van der Waals surface area contributed by atoms with E-state index in [0.29, 0.717) is 25.1 Å². The van der Waals surface area contributed by atoms with E-state index in [1.807, 2.05) is 0 Å². The van der Waals surface area contributed by atoms with Gasteiger partial charge >= 0.3 is 6.18 Å². The summed E-state index contributed by atoms with van der Waals surface area (Å²) < 4.78 is 38.7. The maximum absolute atomic E-state index is 12.9. The van der Waals surface area contributed by atoms with Crippen LogP contribution in [0.25, 0.3) is 0 Å². The van der Waals surface area contributed by atoms with Crippen molar-refractivity contribution in [3.8, 4) is 0 Å². The first-order chi connectivity index (χ1) is 10.8. The molecule has 23 heavy (non-hydrogen) atoms. The molecule has 1 aliphatic heterocycles. The first-order valence-electron chi connectivity index (χ1n) is 7.04. The number of aliphatic hydroxyl groups is 1. The minimum absolute atomic E-state index is 0.0426. The molecule has 124 valence electrons. The minimum atomic E-state index is -4.54. The number of rotatable bonds is 2. The van der Waals surface area contributed by atoms with E-state index in [9.17, 15) is 18.3 Å². The fourth-order valence-corrected chi connectivity index (χ4v) is 2.68. The fourth-order valence-electron chi connectivity index (χ4n) is 2.68. The van der Waals surface area contributed by atoms with Gasteiger partial charge in [0, 0.05) is 12.2 Å². The topological polar surface area (TPSA) is 90.8 Å². The summed E-state index contributed by atoms with van der Waals surface area (Å²) in [6, 6.07) is 0.900. The smallest absolute Gasteiger partial charge is 0.382 e. The van der Waals surface area contributed by atoms with Crippen molar-refractivity contribution in [3.05, 3.63) is 29.3 Å². The first-order valence-corrected chi connectivity index (χ1v) is 7.04. The number of piperidine rings is 1. The highest BCUT2D eigenvalue weighted by atomic mass is 19.4. The largest absolute Gasteiger partial charge is 0.433 e. The molecule has 3 heterocycles. The molecule has 0 saturated carbocycles. The molecule has 0 aromatic carbocycles. The van der Waals surface area contributed by atoms with Gasteiger partial charge in [-0.3, -0.25) is 0 Å². The highest BCUT2D eigenvalue weighted by Gasteiger charge is 2.39. The van der Waals surface area contributed by atoms with Crippen LogP contribution >= 0.6 is 0 Å². The second-order valence-electron chi connectivity index (χ2n) is 5.60. The van der Waals surface area contributed by atoms with Crippen LogP contribution in [0.3, 0.4) is 0 Å². The van der Waals surface area contributed by atoms with Crippen molar-refractivity contribution in [3.63, 3.8) is 0 Å². The molecule has 0 bridgehead atoms. The molecule has 2 aromatic rings. The van der Waals surface area contributed by atoms with E-state index >= 15 is 0 Å². The molecule has 1 fully saturated rings. The number of aromatic nitrogens is 5. The van der Waals surface area contributed by atoms with Gasteiger partial charge in [-0.25, -0.2) is 9.97 Å². The summed E-state index contributed by atoms with van der Waals surface area (Å²) >= 11 is 0. The fraction of sp³-hybridized carbons (Fsp3) is 0.538. The highest BCUT2D eigenvalue weighted by Crippen LogP contribution is 2.33. The number of hydrogen-bond donors (Lipinski definition) is 2. The highest BCUT2D eigenvalue weighted by molar-refractivity contribution is 5.35. The molecular weight excluding hydrogens is 313 g/mol. The molecule has 0 radical (unpaired) electrons. The van der Waals surface area contributed by atoms with E-state index in [1.54, 1.807) is 4.90 Å². The Morgan fingerprint density at radius 1 is 1.35 bits per heavy atom. The maximum Gasteiger partial charge on any atom is 0.433 e. The van der Waals surface area contributed by atoms with Gasteiger partial charge in [-0.05, 0) is 25.8 Å². The summed E-state index contributed by atoms with van der Waals surface area (Å²) in [6.45, 7) is 2.00. The standard InChI is InChI=1S/C13H15F3N6O/c1-8-5-9(13(14,15)16)19-11(18-8)22-4-2-3-12(23,7-22)10-6-17-21-20-10/h5-6,23H,2-4,7H2,1H3,(H,17,20,21). The molecule has 2 N–H and O–H groups in total. The Labute approximate surface area is 129 Å². The quantitative estimate of drug-likeness (QED) is 0.866. The Hall–Kier alpha value is -2.23. The summed E-state index contributed by atoms with van der Waals surface area (Å²) in [7, 11) is 0. The summed E-state index contributed by atoms with van der Waals surface area (Å²) in [4.78, 5) is 9.23. The Kier molecular flexibility index (Phi) is 3.71. The van der Waals surface area contributed by atoms with Gasteiger partial charge in [0.25, 0.3) is 0 Å². The van der Waals surface area contributed by atoms with Crippen LogP contribution in [0, 0.1) is 6.92 Å². The van der Waals surface area contributed by atoms with Crippen LogP contribution < -0.4 is 4.90 Å². The molecular formula is C13H15F3N6O. The second kappa shape index (κ2) is 5.44. The van der Waals surface area contributed by atoms with Crippen molar-refractivity contribution in [2.45, 2.75) is 31.5 Å². The molecule has 1 unspecified atom stereocenters. The number of H-pyrrole nitrogens is 1. The zero-order valence-electron chi connectivity index (χ0n) is 12.3. The van der Waals surface area contributed by atoms with Crippen molar-refractivity contribution in [1.82, 2.24) is 25.4 Å². The molecule has 0 spiro atoms. The summed E-state index contributed by atoms with van der Waals surface area (Å²) in [5.41, 5.74) is -1.71. The van der Waals surface area contributed by atoms with Gasteiger partial charge in [0.05, 0.1) is 12.7 Å². The van der Waals surface area contributed by atoms with E-state index in [2.05, 4.69) is 25.4 Å². The van der Waals surface area contributed by atoms with Crippen molar-refractivity contribution in [1.29, 1.82) is 0 Å². The number of aromatic amines is 1. The predicted octanol–water partition coefficient (Wildman–Crippen LogP) is 1.41. The average Bonchev–Trinajstić information content (AvgIpc) is 3.01. The number of aryl methyl sites for hydroxylation is 1. The zero-order valence-corrected chi connectivity index (χ0v) is 12.3. The lowest BCUT2D eigenvalue weighted by Gasteiger charge is -2.38. The van der Waals surface area contributed by atoms with Crippen LogP contribution in [0.1, 0.15) is 29.9 Å². The summed E-state index contributed by atoms with van der Waals surface area (Å²) in [6.07, 6.45) is -2.13. The van der Waals surface area contributed by atoms with Gasteiger partial charge in [0.1, 0.15) is 17.0 Å². The minimum Gasteiger partial charge on any atom is -0.382 e. The monoisotopic (exact) mass is 328 g/mol. The molecule has 2 aromatic heterocycles. The third-order valence-corrected chi connectivity index (χ3v) is 3.78. The Bertz CT molecular complexity index is 690. The van der Waals surface area contributed by atoms with E-state index in [-0.39, 0.29) is 18.2 Å². The Balaban J connectivity index is 1.91. The molecule has 3 rings (SSSR count). The van der Waals surface area contributed by atoms with Gasteiger partial charge in [-0.15, -0.1) is 0 Å². The number of β-amino-alcohol motifs (C(OH)–C–C–N with tert-alkyl or cyclic N) is 1. The number of nitrogens with one attached hydrogen (secondary N) is 1. The SMILES string of the molecule is Cc1cc(C(F)(F)F)nc(N2CCCC(O)(c3cn[nH]n3)C2)n1. The lowest BCUT2D eigenvalue weighted by atomic mass is 9.90. The van der Waals surface area contributed by atoms with E-state index < -0.39 is 17.5 Å². The van der Waals surface area contributed by atoms with Crippen molar-refractivity contribution < 1.29 is 18.3 Å². The van der Waals surface area contributed by atoms with Gasteiger partial charge in [-0.2, -0.15) is 28.6 Å². The van der Waals surface area contributed by atoms with Crippen molar-refractivity contribution in [2.24, 2.45) is 0 Å². The zero-order chi connectivity index (χ0) is 16.7. The first kappa shape index (κ1) is 15.7. The lowest BCUT2D eigenvalue weighted by Crippen LogP contribution is -2.47. The van der Waals surface area contributed by atoms with Crippen LogP contribution in [-0.4, -0.2) is 43.6 Å². The maximum atomic E-state index is 12.9.